The van der Waals surface area contributed by atoms with Gasteiger partial charge in [-0.3, -0.25) is 0 Å². The van der Waals surface area contributed by atoms with Crippen LogP contribution in [0.5, 0.6) is 0 Å². The fourth-order valence-corrected chi connectivity index (χ4v) is 1.99. The van der Waals surface area contributed by atoms with Crippen molar-refractivity contribution in [3.63, 3.8) is 0 Å². The van der Waals surface area contributed by atoms with Crippen LogP contribution < -0.4 is 5.73 Å². The number of carboxylic acid groups (broad SMARTS) is 1. The van der Waals surface area contributed by atoms with Gasteiger partial charge in [-0.1, -0.05) is 24.3 Å². The smallest absolute Gasteiger partial charge is 0.335 e. The van der Waals surface area contributed by atoms with E-state index in [1.807, 2.05) is 36.4 Å². The summed E-state index contributed by atoms with van der Waals surface area (Å²) in [5.74, 6) is -0.881. The van der Waals surface area contributed by atoms with Crippen LogP contribution in [-0.4, -0.2) is 11.1 Å². The quantitative estimate of drug-likeness (QED) is 0.807. The zero-order valence-electron chi connectivity index (χ0n) is 10.7. The van der Waals surface area contributed by atoms with Crippen LogP contribution in [0.3, 0.4) is 0 Å². The lowest BCUT2D eigenvalue weighted by atomic mass is 10.0. The van der Waals surface area contributed by atoms with E-state index in [0.29, 0.717) is 5.56 Å². The topological polar surface area (TPSA) is 63.3 Å². The average Bonchev–Trinajstić information content (AvgIpc) is 2.41. The third-order valence-electron chi connectivity index (χ3n) is 3.11. The molecular weight excluding hydrogens is 238 g/mol. The first-order valence-corrected chi connectivity index (χ1v) is 6.32. The first-order chi connectivity index (χ1) is 9.15. The summed E-state index contributed by atoms with van der Waals surface area (Å²) in [6, 6.07) is 15.0. The first-order valence-electron chi connectivity index (χ1n) is 6.32. The molecule has 2 aromatic carbocycles. The van der Waals surface area contributed by atoms with E-state index < -0.39 is 5.97 Å². The molecule has 0 aliphatic carbocycles. The number of hydrogen-bond donors (Lipinski definition) is 2. The van der Waals surface area contributed by atoms with E-state index in [-0.39, 0.29) is 0 Å². The highest BCUT2D eigenvalue weighted by molar-refractivity contribution is 5.87. The fourth-order valence-electron chi connectivity index (χ4n) is 1.99. The minimum atomic E-state index is -0.881. The minimum Gasteiger partial charge on any atom is -0.478 e. The van der Waals surface area contributed by atoms with Gasteiger partial charge in [0.2, 0.25) is 0 Å². The van der Waals surface area contributed by atoms with Crippen LogP contribution >= 0.6 is 0 Å². The normalized spacial score (nSPS) is 10.3. The van der Waals surface area contributed by atoms with Crippen LogP contribution in [0.2, 0.25) is 0 Å². The molecule has 0 aliphatic rings. The van der Waals surface area contributed by atoms with Gasteiger partial charge in [0.05, 0.1) is 5.56 Å². The molecule has 0 spiro atoms. The SMILES string of the molecule is Nc1ccc(CCCc2ccc(C(=O)O)cc2)cc1. The van der Waals surface area contributed by atoms with Crippen LogP contribution in [0.15, 0.2) is 48.5 Å². The number of carboxylic acids is 1. The van der Waals surface area contributed by atoms with Gasteiger partial charge in [-0.15, -0.1) is 0 Å². The molecule has 0 bridgehead atoms. The lowest BCUT2D eigenvalue weighted by Gasteiger charge is -2.03. The Morgan fingerprint density at radius 2 is 1.37 bits per heavy atom. The monoisotopic (exact) mass is 255 g/mol. The summed E-state index contributed by atoms with van der Waals surface area (Å²) in [5.41, 5.74) is 9.20. The molecule has 3 heteroatoms. The number of rotatable bonds is 5. The van der Waals surface area contributed by atoms with Crippen LogP contribution in [0, 0.1) is 0 Å². The summed E-state index contributed by atoms with van der Waals surface area (Å²) in [7, 11) is 0. The molecule has 0 radical (unpaired) electrons. The molecule has 3 nitrogen and oxygen atoms in total. The summed E-state index contributed by atoms with van der Waals surface area (Å²) in [6.45, 7) is 0. The van der Waals surface area contributed by atoms with E-state index in [9.17, 15) is 4.79 Å². The zero-order valence-corrected chi connectivity index (χ0v) is 10.7. The van der Waals surface area contributed by atoms with Gasteiger partial charge in [-0.25, -0.2) is 4.79 Å². The molecule has 0 saturated carbocycles. The second kappa shape index (κ2) is 6.05. The minimum absolute atomic E-state index is 0.335. The van der Waals surface area contributed by atoms with E-state index in [1.54, 1.807) is 12.1 Å². The van der Waals surface area contributed by atoms with Gasteiger partial charge < -0.3 is 10.8 Å². The standard InChI is InChI=1S/C16H17NO2/c17-15-10-6-13(7-11-15)3-1-2-12-4-8-14(9-5-12)16(18)19/h4-11H,1-3,17H2,(H,18,19). The van der Waals surface area contributed by atoms with Crippen molar-refractivity contribution in [2.45, 2.75) is 19.3 Å². The Kier molecular flexibility index (Phi) is 4.18. The summed E-state index contributed by atoms with van der Waals surface area (Å²) in [6.07, 6.45) is 2.99. The van der Waals surface area contributed by atoms with Crippen molar-refractivity contribution in [2.75, 3.05) is 5.73 Å². The van der Waals surface area contributed by atoms with E-state index in [2.05, 4.69) is 0 Å². The van der Waals surface area contributed by atoms with Crippen molar-refractivity contribution in [3.8, 4) is 0 Å². The maximum atomic E-state index is 10.7. The average molecular weight is 255 g/mol. The maximum Gasteiger partial charge on any atom is 0.335 e. The van der Waals surface area contributed by atoms with Crippen molar-refractivity contribution in [1.29, 1.82) is 0 Å². The second-order valence-corrected chi connectivity index (χ2v) is 4.60. The molecule has 0 saturated heterocycles. The highest BCUT2D eigenvalue weighted by atomic mass is 16.4. The third-order valence-corrected chi connectivity index (χ3v) is 3.11. The molecule has 3 N–H and O–H groups in total. The number of hydrogen-bond acceptors (Lipinski definition) is 2. The molecule has 0 atom stereocenters. The predicted octanol–water partition coefficient (Wildman–Crippen LogP) is 3.14. The van der Waals surface area contributed by atoms with Crippen LogP contribution in [-0.2, 0) is 12.8 Å². The van der Waals surface area contributed by atoms with Gasteiger partial charge in [-0.2, -0.15) is 0 Å². The van der Waals surface area contributed by atoms with Crippen molar-refractivity contribution in [1.82, 2.24) is 0 Å². The molecule has 0 amide bonds. The Morgan fingerprint density at radius 1 is 0.895 bits per heavy atom. The lowest BCUT2D eigenvalue weighted by Crippen LogP contribution is -1.96. The van der Waals surface area contributed by atoms with Crippen molar-refractivity contribution in [2.24, 2.45) is 0 Å². The molecule has 19 heavy (non-hydrogen) atoms. The molecule has 0 aromatic heterocycles. The fraction of sp³-hybridized carbons (Fsp3) is 0.188. The number of anilines is 1. The molecule has 0 aliphatic heterocycles. The summed E-state index contributed by atoms with van der Waals surface area (Å²) in [4.78, 5) is 10.7. The van der Waals surface area contributed by atoms with Gasteiger partial charge >= 0.3 is 5.97 Å². The molecule has 0 fully saturated rings. The van der Waals surface area contributed by atoms with E-state index >= 15 is 0 Å². The molecule has 98 valence electrons. The van der Waals surface area contributed by atoms with Gasteiger partial charge in [0, 0.05) is 5.69 Å². The van der Waals surface area contributed by atoms with Crippen LogP contribution in [0.25, 0.3) is 0 Å². The van der Waals surface area contributed by atoms with Crippen molar-refractivity contribution < 1.29 is 9.90 Å². The molecular formula is C16H17NO2. The molecule has 2 rings (SSSR count). The predicted molar refractivity (Wildman–Crippen MR) is 76.3 cm³/mol. The van der Waals surface area contributed by atoms with Gasteiger partial charge in [0.1, 0.15) is 0 Å². The van der Waals surface area contributed by atoms with Gasteiger partial charge in [-0.05, 0) is 54.7 Å². The highest BCUT2D eigenvalue weighted by Gasteiger charge is 2.01. The van der Waals surface area contributed by atoms with Crippen molar-refractivity contribution >= 4 is 11.7 Å². The number of nitrogen functional groups attached to an aromatic ring is 1. The Bertz CT molecular complexity index is 544. The Labute approximate surface area is 112 Å². The number of carbonyl (C=O) groups is 1. The maximum absolute atomic E-state index is 10.7. The number of aromatic carboxylic acids is 1. The molecule has 2 aromatic rings. The van der Waals surface area contributed by atoms with Crippen LogP contribution in [0.4, 0.5) is 5.69 Å². The Hall–Kier alpha value is -2.29. The summed E-state index contributed by atoms with van der Waals surface area (Å²) in [5, 5.41) is 8.81. The Balaban J connectivity index is 1.85. The molecule has 0 heterocycles. The van der Waals surface area contributed by atoms with E-state index in [1.165, 1.54) is 11.1 Å². The summed E-state index contributed by atoms with van der Waals surface area (Å²) < 4.78 is 0. The Morgan fingerprint density at radius 3 is 1.84 bits per heavy atom. The number of nitrogens with two attached hydrogens (primary N) is 1. The summed E-state index contributed by atoms with van der Waals surface area (Å²) >= 11 is 0. The lowest BCUT2D eigenvalue weighted by molar-refractivity contribution is 0.0697. The number of benzene rings is 2. The number of aryl methyl sites for hydroxylation is 2. The van der Waals surface area contributed by atoms with E-state index in [4.69, 9.17) is 10.8 Å². The van der Waals surface area contributed by atoms with Crippen LogP contribution in [0.1, 0.15) is 27.9 Å². The molecule has 0 unspecified atom stereocenters. The van der Waals surface area contributed by atoms with Crippen molar-refractivity contribution in [3.05, 3.63) is 65.2 Å². The first kappa shape index (κ1) is 13.1. The van der Waals surface area contributed by atoms with Gasteiger partial charge in [0.15, 0.2) is 0 Å². The second-order valence-electron chi connectivity index (χ2n) is 4.60. The largest absolute Gasteiger partial charge is 0.478 e. The highest BCUT2D eigenvalue weighted by Crippen LogP contribution is 2.11. The third kappa shape index (κ3) is 3.85. The van der Waals surface area contributed by atoms with Gasteiger partial charge in [0.25, 0.3) is 0 Å². The zero-order chi connectivity index (χ0) is 13.7. The van der Waals surface area contributed by atoms with E-state index in [0.717, 1.165) is 24.9 Å².